The van der Waals surface area contributed by atoms with Gasteiger partial charge < -0.3 is 9.52 Å². The first-order valence-corrected chi connectivity index (χ1v) is 5.64. The Bertz CT molecular complexity index is 300. The molecule has 0 aliphatic carbocycles. The normalized spacial score (nSPS) is 23.1. The van der Waals surface area contributed by atoms with E-state index in [1.165, 1.54) is 0 Å². The molecule has 0 radical (unpaired) electrons. The summed E-state index contributed by atoms with van der Waals surface area (Å²) in [6.07, 6.45) is 1.10. The summed E-state index contributed by atoms with van der Waals surface area (Å²) in [6, 6.07) is 3.89. The average molecular weight is 260 g/mol. The second kappa shape index (κ2) is 4.47. The molecule has 1 saturated heterocycles. The van der Waals surface area contributed by atoms with E-state index >= 15 is 0 Å². The first kappa shape index (κ1) is 10.2. The molecule has 4 heteroatoms. The summed E-state index contributed by atoms with van der Waals surface area (Å²) in [5, 5.41) is 9.00. The smallest absolute Gasteiger partial charge is 0.169 e. The first-order chi connectivity index (χ1) is 6.78. The van der Waals surface area contributed by atoms with Crippen LogP contribution in [0, 0.1) is 5.92 Å². The minimum absolute atomic E-state index is 0.304. The molecule has 1 aromatic rings. The molecule has 1 aliphatic rings. The van der Waals surface area contributed by atoms with Crippen molar-refractivity contribution in [3.63, 3.8) is 0 Å². The van der Waals surface area contributed by atoms with Crippen LogP contribution >= 0.6 is 15.9 Å². The van der Waals surface area contributed by atoms with E-state index in [2.05, 4.69) is 20.8 Å². The van der Waals surface area contributed by atoms with Crippen LogP contribution in [0.2, 0.25) is 0 Å². The van der Waals surface area contributed by atoms with Gasteiger partial charge in [0.05, 0.1) is 6.54 Å². The fraction of sp³-hybridized carbons (Fsp3) is 0.600. The van der Waals surface area contributed by atoms with Gasteiger partial charge in [-0.2, -0.15) is 0 Å². The molecule has 2 heterocycles. The monoisotopic (exact) mass is 259 g/mol. The summed E-state index contributed by atoms with van der Waals surface area (Å²) in [5.74, 6) is 1.43. The molecule has 78 valence electrons. The fourth-order valence-corrected chi connectivity index (χ4v) is 2.20. The van der Waals surface area contributed by atoms with Gasteiger partial charge in [0, 0.05) is 13.2 Å². The van der Waals surface area contributed by atoms with Crippen LogP contribution in [0.25, 0.3) is 0 Å². The zero-order chi connectivity index (χ0) is 9.97. The van der Waals surface area contributed by atoms with Gasteiger partial charge in [-0.25, -0.2) is 0 Å². The third-order valence-corrected chi connectivity index (χ3v) is 3.06. The van der Waals surface area contributed by atoms with Crippen molar-refractivity contribution in [2.24, 2.45) is 5.92 Å². The van der Waals surface area contributed by atoms with Crippen LogP contribution < -0.4 is 0 Å². The highest BCUT2D eigenvalue weighted by Crippen LogP contribution is 2.20. The SMILES string of the molecule is OCC1CCN(Cc2ccc(Br)o2)C1. The molecule has 0 bridgehead atoms. The van der Waals surface area contributed by atoms with E-state index < -0.39 is 0 Å². The Morgan fingerprint density at radius 2 is 2.43 bits per heavy atom. The lowest BCUT2D eigenvalue weighted by Crippen LogP contribution is -2.20. The van der Waals surface area contributed by atoms with E-state index in [1.807, 2.05) is 12.1 Å². The van der Waals surface area contributed by atoms with Gasteiger partial charge in [0.1, 0.15) is 5.76 Å². The first-order valence-electron chi connectivity index (χ1n) is 4.85. The van der Waals surface area contributed by atoms with Crippen LogP contribution in [0.4, 0.5) is 0 Å². The van der Waals surface area contributed by atoms with Crippen LogP contribution in [0.15, 0.2) is 21.2 Å². The lowest BCUT2D eigenvalue weighted by molar-refractivity contribution is 0.215. The van der Waals surface area contributed by atoms with Crippen molar-refractivity contribution in [3.8, 4) is 0 Å². The molecule has 1 atom stereocenters. The molecule has 2 rings (SSSR count). The lowest BCUT2D eigenvalue weighted by Gasteiger charge is -2.13. The summed E-state index contributed by atoms with van der Waals surface area (Å²) >= 11 is 3.28. The maximum atomic E-state index is 9.00. The predicted molar refractivity (Wildman–Crippen MR) is 56.9 cm³/mol. The number of rotatable bonds is 3. The zero-order valence-electron chi connectivity index (χ0n) is 7.95. The van der Waals surface area contributed by atoms with Gasteiger partial charge in [-0.1, -0.05) is 0 Å². The van der Waals surface area contributed by atoms with E-state index in [0.29, 0.717) is 12.5 Å². The minimum Gasteiger partial charge on any atom is -0.453 e. The molecule has 0 amide bonds. The molecule has 1 N–H and O–H groups in total. The number of hydrogen-bond acceptors (Lipinski definition) is 3. The molecule has 0 aromatic carbocycles. The second-order valence-electron chi connectivity index (χ2n) is 3.78. The Hall–Kier alpha value is -0.320. The van der Waals surface area contributed by atoms with Gasteiger partial charge in [-0.15, -0.1) is 0 Å². The summed E-state index contributed by atoms with van der Waals surface area (Å²) in [5.41, 5.74) is 0. The van der Waals surface area contributed by atoms with Crippen LogP contribution in [0.3, 0.4) is 0 Å². The van der Waals surface area contributed by atoms with Gasteiger partial charge in [0.15, 0.2) is 4.67 Å². The maximum Gasteiger partial charge on any atom is 0.169 e. The Balaban J connectivity index is 1.87. The number of halogens is 1. The van der Waals surface area contributed by atoms with Crippen LogP contribution in [-0.2, 0) is 6.54 Å². The van der Waals surface area contributed by atoms with Crippen LogP contribution in [0.5, 0.6) is 0 Å². The Kier molecular flexibility index (Phi) is 3.26. The van der Waals surface area contributed by atoms with Crippen molar-refractivity contribution in [2.45, 2.75) is 13.0 Å². The molecular weight excluding hydrogens is 246 g/mol. The Labute approximate surface area is 91.8 Å². The number of furan rings is 1. The number of aliphatic hydroxyl groups excluding tert-OH is 1. The molecule has 3 nitrogen and oxygen atoms in total. The predicted octanol–water partition coefficient (Wildman–Crippen LogP) is 1.86. The average Bonchev–Trinajstić information content (AvgIpc) is 2.76. The van der Waals surface area contributed by atoms with E-state index in [9.17, 15) is 0 Å². The lowest BCUT2D eigenvalue weighted by atomic mass is 10.1. The third kappa shape index (κ3) is 2.38. The van der Waals surface area contributed by atoms with E-state index in [4.69, 9.17) is 9.52 Å². The van der Waals surface area contributed by atoms with Crippen LogP contribution in [-0.4, -0.2) is 29.7 Å². The van der Waals surface area contributed by atoms with Crippen molar-refractivity contribution in [3.05, 3.63) is 22.6 Å². The molecule has 0 spiro atoms. The largest absolute Gasteiger partial charge is 0.453 e. The molecule has 14 heavy (non-hydrogen) atoms. The molecular formula is C10H14BrNO2. The Morgan fingerprint density at radius 3 is 3.00 bits per heavy atom. The van der Waals surface area contributed by atoms with Gasteiger partial charge in [0.25, 0.3) is 0 Å². The fourth-order valence-electron chi connectivity index (χ4n) is 1.86. The van der Waals surface area contributed by atoms with Crippen molar-refractivity contribution in [1.82, 2.24) is 4.90 Å². The molecule has 1 aromatic heterocycles. The van der Waals surface area contributed by atoms with Gasteiger partial charge in [-0.3, -0.25) is 4.90 Å². The minimum atomic E-state index is 0.304. The number of aliphatic hydroxyl groups is 1. The molecule has 1 unspecified atom stereocenters. The maximum absolute atomic E-state index is 9.00. The summed E-state index contributed by atoms with van der Waals surface area (Å²) < 4.78 is 6.21. The van der Waals surface area contributed by atoms with Gasteiger partial charge >= 0.3 is 0 Å². The van der Waals surface area contributed by atoms with E-state index in [0.717, 1.165) is 36.5 Å². The second-order valence-corrected chi connectivity index (χ2v) is 4.56. The van der Waals surface area contributed by atoms with E-state index in [1.54, 1.807) is 0 Å². The molecule has 0 saturated carbocycles. The van der Waals surface area contributed by atoms with Crippen molar-refractivity contribution in [1.29, 1.82) is 0 Å². The zero-order valence-corrected chi connectivity index (χ0v) is 9.53. The number of nitrogens with zero attached hydrogens (tertiary/aromatic N) is 1. The third-order valence-electron chi connectivity index (χ3n) is 2.64. The highest BCUT2D eigenvalue weighted by molar-refractivity contribution is 9.10. The number of hydrogen-bond donors (Lipinski definition) is 1. The highest BCUT2D eigenvalue weighted by Gasteiger charge is 2.22. The van der Waals surface area contributed by atoms with Crippen molar-refractivity contribution >= 4 is 15.9 Å². The topological polar surface area (TPSA) is 36.6 Å². The standard InChI is InChI=1S/C10H14BrNO2/c11-10-2-1-9(14-10)6-12-4-3-8(5-12)7-13/h1-2,8,13H,3-7H2. The van der Waals surface area contributed by atoms with Gasteiger partial charge in [0.2, 0.25) is 0 Å². The molecule has 1 fully saturated rings. The van der Waals surface area contributed by atoms with Crippen molar-refractivity contribution in [2.75, 3.05) is 19.7 Å². The Morgan fingerprint density at radius 1 is 1.57 bits per heavy atom. The number of likely N-dealkylation sites (tertiary alicyclic amines) is 1. The van der Waals surface area contributed by atoms with Gasteiger partial charge in [-0.05, 0) is 46.9 Å². The summed E-state index contributed by atoms with van der Waals surface area (Å²) in [4.78, 5) is 2.31. The summed E-state index contributed by atoms with van der Waals surface area (Å²) in [7, 11) is 0. The molecule has 1 aliphatic heterocycles. The highest BCUT2D eigenvalue weighted by atomic mass is 79.9. The van der Waals surface area contributed by atoms with E-state index in [-0.39, 0.29) is 0 Å². The quantitative estimate of drug-likeness (QED) is 0.901. The van der Waals surface area contributed by atoms with Crippen LogP contribution in [0.1, 0.15) is 12.2 Å². The van der Waals surface area contributed by atoms with Crippen molar-refractivity contribution < 1.29 is 9.52 Å². The summed E-state index contributed by atoms with van der Waals surface area (Å²) in [6.45, 7) is 3.19.